The highest BCUT2D eigenvalue weighted by molar-refractivity contribution is 7.18. The zero-order chi connectivity index (χ0) is 13.2. The summed E-state index contributed by atoms with van der Waals surface area (Å²) in [6.45, 7) is 1.97. The molecule has 0 radical (unpaired) electrons. The van der Waals surface area contributed by atoms with Gasteiger partial charge in [-0.3, -0.25) is 4.79 Å². The maximum atomic E-state index is 12.1. The number of benzene rings is 2. The molecule has 3 rings (SSSR count). The van der Waals surface area contributed by atoms with Gasteiger partial charge in [0.1, 0.15) is 0 Å². The third-order valence-corrected chi connectivity index (χ3v) is 3.72. The van der Waals surface area contributed by atoms with Crippen LogP contribution in [0, 0.1) is 6.92 Å². The molecule has 2 aromatic carbocycles. The summed E-state index contributed by atoms with van der Waals surface area (Å²) in [6, 6.07) is 15.0. The molecule has 3 aromatic rings. The lowest BCUT2D eigenvalue weighted by Gasteiger charge is -2.04. The molecule has 1 amide bonds. The summed E-state index contributed by atoms with van der Waals surface area (Å²) in [5, 5.41) is 3.88. The van der Waals surface area contributed by atoms with Crippen molar-refractivity contribution in [1.82, 2.24) is 4.98 Å². The first kappa shape index (κ1) is 11.9. The number of aryl methyl sites for hydroxylation is 1. The molecule has 0 saturated heterocycles. The summed E-state index contributed by atoms with van der Waals surface area (Å²) in [5.74, 6) is -0.0980. The van der Waals surface area contributed by atoms with E-state index in [1.165, 1.54) is 0 Å². The minimum Gasteiger partial charge on any atom is -0.322 e. The molecule has 0 aliphatic carbocycles. The fourth-order valence-corrected chi connectivity index (χ4v) is 2.77. The molecule has 0 atom stereocenters. The van der Waals surface area contributed by atoms with Crippen LogP contribution in [0.4, 0.5) is 5.69 Å². The van der Waals surface area contributed by atoms with Gasteiger partial charge < -0.3 is 5.32 Å². The SMILES string of the molecule is Cc1nc2ccc(C(=O)Nc3ccccc3)cc2s1. The van der Waals surface area contributed by atoms with E-state index >= 15 is 0 Å². The largest absolute Gasteiger partial charge is 0.322 e. The maximum absolute atomic E-state index is 12.1. The van der Waals surface area contributed by atoms with Gasteiger partial charge in [-0.25, -0.2) is 4.98 Å². The van der Waals surface area contributed by atoms with Gasteiger partial charge in [-0.15, -0.1) is 11.3 Å². The van der Waals surface area contributed by atoms with Crippen molar-refractivity contribution < 1.29 is 4.79 Å². The van der Waals surface area contributed by atoms with Crippen molar-refractivity contribution in [2.24, 2.45) is 0 Å². The number of nitrogens with zero attached hydrogens (tertiary/aromatic N) is 1. The minimum atomic E-state index is -0.0980. The summed E-state index contributed by atoms with van der Waals surface area (Å²) in [4.78, 5) is 16.5. The van der Waals surface area contributed by atoms with E-state index in [-0.39, 0.29) is 5.91 Å². The maximum Gasteiger partial charge on any atom is 0.255 e. The lowest BCUT2D eigenvalue weighted by atomic mass is 10.2. The van der Waals surface area contributed by atoms with Gasteiger partial charge in [0.25, 0.3) is 5.91 Å². The Labute approximate surface area is 114 Å². The van der Waals surface area contributed by atoms with E-state index in [1.807, 2.05) is 49.4 Å². The summed E-state index contributed by atoms with van der Waals surface area (Å²) in [5.41, 5.74) is 2.40. The summed E-state index contributed by atoms with van der Waals surface area (Å²) in [7, 11) is 0. The quantitative estimate of drug-likeness (QED) is 0.767. The van der Waals surface area contributed by atoms with Crippen LogP contribution in [-0.4, -0.2) is 10.9 Å². The number of aromatic nitrogens is 1. The van der Waals surface area contributed by atoms with Crippen molar-refractivity contribution >= 4 is 33.1 Å². The smallest absolute Gasteiger partial charge is 0.255 e. The van der Waals surface area contributed by atoms with E-state index < -0.39 is 0 Å². The number of nitrogens with one attached hydrogen (secondary N) is 1. The Morgan fingerprint density at radius 2 is 1.95 bits per heavy atom. The molecule has 0 aliphatic heterocycles. The molecule has 0 fully saturated rings. The second-order valence-electron chi connectivity index (χ2n) is 4.24. The number of anilines is 1. The van der Waals surface area contributed by atoms with Gasteiger partial charge in [-0.1, -0.05) is 18.2 Å². The van der Waals surface area contributed by atoms with Crippen molar-refractivity contribution in [3.63, 3.8) is 0 Å². The fraction of sp³-hybridized carbons (Fsp3) is 0.0667. The number of para-hydroxylation sites is 1. The molecule has 1 heterocycles. The predicted molar refractivity (Wildman–Crippen MR) is 78.8 cm³/mol. The van der Waals surface area contributed by atoms with Gasteiger partial charge in [-0.2, -0.15) is 0 Å². The number of carbonyl (C=O) groups is 1. The monoisotopic (exact) mass is 268 g/mol. The van der Waals surface area contributed by atoms with Crippen molar-refractivity contribution in [3.05, 3.63) is 59.1 Å². The lowest BCUT2D eigenvalue weighted by Crippen LogP contribution is -2.11. The first-order valence-corrected chi connectivity index (χ1v) is 6.77. The van der Waals surface area contributed by atoms with Gasteiger partial charge in [0, 0.05) is 11.3 Å². The number of thiazole rings is 1. The molecule has 1 aromatic heterocycles. The minimum absolute atomic E-state index is 0.0980. The number of fused-ring (bicyclic) bond motifs is 1. The number of amides is 1. The molecular formula is C15H12N2OS. The zero-order valence-electron chi connectivity index (χ0n) is 10.4. The van der Waals surface area contributed by atoms with Crippen LogP contribution in [-0.2, 0) is 0 Å². The molecular weight excluding hydrogens is 256 g/mol. The number of rotatable bonds is 2. The average molecular weight is 268 g/mol. The van der Waals surface area contributed by atoms with Crippen LogP contribution in [0.1, 0.15) is 15.4 Å². The molecule has 0 spiro atoms. The highest BCUT2D eigenvalue weighted by Gasteiger charge is 2.08. The first-order chi connectivity index (χ1) is 9.22. The van der Waals surface area contributed by atoms with Gasteiger partial charge in [0.15, 0.2) is 0 Å². The van der Waals surface area contributed by atoms with Crippen molar-refractivity contribution in [2.45, 2.75) is 6.92 Å². The molecule has 94 valence electrons. The Balaban J connectivity index is 1.89. The number of carbonyl (C=O) groups excluding carboxylic acids is 1. The van der Waals surface area contributed by atoms with Crippen LogP contribution in [0.3, 0.4) is 0 Å². The molecule has 1 N–H and O–H groups in total. The van der Waals surface area contributed by atoms with Gasteiger partial charge in [0.2, 0.25) is 0 Å². The highest BCUT2D eigenvalue weighted by atomic mass is 32.1. The normalized spacial score (nSPS) is 10.6. The first-order valence-electron chi connectivity index (χ1n) is 5.96. The second-order valence-corrected chi connectivity index (χ2v) is 5.47. The topological polar surface area (TPSA) is 42.0 Å². The third kappa shape index (κ3) is 2.48. The fourth-order valence-electron chi connectivity index (χ4n) is 1.91. The van der Waals surface area contributed by atoms with E-state index in [4.69, 9.17) is 0 Å². The molecule has 0 saturated carbocycles. The van der Waals surface area contributed by atoms with Crippen molar-refractivity contribution in [2.75, 3.05) is 5.32 Å². The van der Waals surface area contributed by atoms with Crippen molar-refractivity contribution in [3.8, 4) is 0 Å². The predicted octanol–water partition coefficient (Wildman–Crippen LogP) is 3.86. The Morgan fingerprint density at radius 3 is 2.74 bits per heavy atom. The number of hydrogen-bond donors (Lipinski definition) is 1. The Bertz CT molecular complexity index is 734. The van der Waals surface area contributed by atoms with Gasteiger partial charge >= 0.3 is 0 Å². The summed E-state index contributed by atoms with van der Waals surface area (Å²) in [6.07, 6.45) is 0. The standard InChI is InChI=1S/C15H12N2OS/c1-10-16-13-8-7-11(9-14(13)19-10)15(18)17-12-5-3-2-4-6-12/h2-9H,1H3,(H,17,18). The van der Waals surface area contributed by atoms with E-state index in [1.54, 1.807) is 17.4 Å². The highest BCUT2D eigenvalue weighted by Crippen LogP contribution is 2.23. The average Bonchev–Trinajstić information content (AvgIpc) is 2.78. The van der Waals surface area contributed by atoms with Crippen LogP contribution < -0.4 is 5.32 Å². The summed E-state index contributed by atoms with van der Waals surface area (Å²) < 4.78 is 1.04. The second kappa shape index (κ2) is 4.82. The zero-order valence-corrected chi connectivity index (χ0v) is 11.2. The van der Waals surface area contributed by atoms with E-state index in [9.17, 15) is 4.79 Å². The molecule has 0 unspecified atom stereocenters. The summed E-state index contributed by atoms with van der Waals surface area (Å²) >= 11 is 1.60. The third-order valence-electron chi connectivity index (χ3n) is 2.79. The number of hydrogen-bond acceptors (Lipinski definition) is 3. The molecule has 4 heteroatoms. The van der Waals surface area contributed by atoms with Gasteiger partial charge in [-0.05, 0) is 37.3 Å². The Hall–Kier alpha value is -2.20. The van der Waals surface area contributed by atoms with E-state index in [0.717, 1.165) is 20.9 Å². The molecule has 0 aliphatic rings. The van der Waals surface area contributed by atoms with Gasteiger partial charge in [0.05, 0.1) is 15.2 Å². The van der Waals surface area contributed by atoms with Crippen LogP contribution in [0.5, 0.6) is 0 Å². The molecule has 19 heavy (non-hydrogen) atoms. The molecule has 3 nitrogen and oxygen atoms in total. The van der Waals surface area contributed by atoms with Crippen LogP contribution in [0.15, 0.2) is 48.5 Å². The van der Waals surface area contributed by atoms with Crippen LogP contribution in [0.2, 0.25) is 0 Å². The Kier molecular flexibility index (Phi) is 3.01. The lowest BCUT2D eigenvalue weighted by molar-refractivity contribution is 0.102. The van der Waals surface area contributed by atoms with Crippen LogP contribution in [0.25, 0.3) is 10.2 Å². The van der Waals surface area contributed by atoms with E-state index in [2.05, 4.69) is 10.3 Å². The Morgan fingerprint density at radius 1 is 1.16 bits per heavy atom. The molecule has 0 bridgehead atoms. The van der Waals surface area contributed by atoms with Crippen LogP contribution >= 0.6 is 11.3 Å². The van der Waals surface area contributed by atoms with Crippen molar-refractivity contribution in [1.29, 1.82) is 0 Å². The van der Waals surface area contributed by atoms with E-state index in [0.29, 0.717) is 5.56 Å².